The van der Waals surface area contributed by atoms with E-state index in [1.165, 1.54) is 0 Å². The van der Waals surface area contributed by atoms with Crippen LogP contribution in [0.4, 0.5) is 0 Å². The lowest BCUT2D eigenvalue weighted by atomic mass is 10.2. The lowest BCUT2D eigenvalue weighted by Crippen LogP contribution is -2.41. The molecule has 21 heavy (non-hydrogen) atoms. The highest BCUT2D eigenvalue weighted by Crippen LogP contribution is 2.13. The number of nitrogens with zero attached hydrogens (tertiary/aromatic N) is 2. The van der Waals surface area contributed by atoms with Gasteiger partial charge in [-0.2, -0.15) is 11.8 Å². The smallest absolute Gasteiger partial charge is 0.222 e. The fourth-order valence-electron chi connectivity index (χ4n) is 2.27. The van der Waals surface area contributed by atoms with E-state index in [0.29, 0.717) is 13.0 Å². The molecule has 2 unspecified atom stereocenters. The molecular weight excluding hydrogens is 286 g/mol. The average Bonchev–Trinajstić information content (AvgIpc) is 2.89. The van der Waals surface area contributed by atoms with Crippen molar-refractivity contribution in [1.29, 1.82) is 0 Å². The quantitative estimate of drug-likeness (QED) is 0.816. The number of benzene rings is 1. The van der Waals surface area contributed by atoms with Gasteiger partial charge in [0.1, 0.15) is 0 Å². The Morgan fingerprint density at radius 1 is 1.48 bits per heavy atom. The molecule has 0 spiro atoms. The zero-order valence-corrected chi connectivity index (χ0v) is 13.1. The molecule has 114 valence electrons. The number of carbonyl (C=O) groups is 1. The summed E-state index contributed by atoms with van der Waals surface area (Å²) in [6.07, 6.45) is 4.10. The molecule has 0 bridgehead atoms. The van der Waals surface area contributed by atoms with Crippen molar-refractivity contribution in [3.05, 3.63) is 30.6 Å². The Balaban J connectivity index is 1.89. The number of para-hydroxylation sites is 2. The van der Waals surface area contributed by atoms with E-state index in [4.69, 9.17) is 0 Å². The maximum absolute atomic E-state index is 12.0. The molecule has 1 aromatic heterocycles. The van der Waals surface area contributed by atoms with Crippen LogP contribution >= 0.6 is 11.8 Å². The highest BCUT2D eigenvalue weighted by molar-refractivity contribution is 7.99. The molecule has 0 radical (unpaired) electrons. The molecule has 2 aromatic rings. The number of hydrogen-bond donors (Lipinski definition) is 2. The molecular formula is C15H21N3O2S. The third-order valence-corrected chi connectivity index (χ3v) is 4.70. The first-order chi connectivity index (χ1) is 10.2. The van der Waals surface area contributed by atoms with Crippen molar-refractivity contribution in [1.82, 2.24) is 14.9 Å². The molecule has 0 aliphatic rings. The number of carbonyl (C=O) groups excluding carboxylic acids is 1. The number of hydrogen-bond acceptors (Lipinski definition) is 4. The van der Waals surface area contributed by atoms with Gasteiger partial charge in [0, 0.05) is 24.3 Å². The van der Waals surface area contributed by atoms with Crippen LogP contribution in [0.3, 0.4) is 0 Å². The predicted molar refractivity (Wildman–Crippen MR) is 86.3 cm³/mol. The van der Waals surface area contributed by atoms with Gasteiger partial charge >= 0.3 is 0 Å². The van der Waals surface area contributed by atoms with E-state index in [-0.39, 0.29) is 23.8 Å². The number of aromatic nitrogens is 2. The lowest BCUT2D eigenvalue weighted by Gasteiger charge is -2.21. The maximum atomic E-state index is 12.0. The monoisotopic (exact) mass is 307 g/mol. The number of fused-ring (bicyclic) bond motifs is 1. The van der Waals surface area contributed by atoms with E-state index in [1.54, 1.807) is 18.1 Å². The number of aliphatic hydroxyl groups excluding tert-OH is 1. The summed E-state index contributed by atoms with van der Waals surface area (Å²) in [5.41, 5.74) is 1.98. The van der Waals surface area contributed by atoms with Gasteiger partial charge in [-0.1, -0.05) is 12.1 Å². The van der Waals surface area contributed by atoms with Crippen molar-refractivity contribution in [2.75, 3.05) is 12.9 Å². The number of thioether (sulfide) groups is 1. The Bertz CT molecular complexity index is 595. The first-order valence-corrected chi connectivity index (χ1v) is 8.27. The Morgan fingerprint density at radius 2 is 2.24 bits per heavy atom. The summed E-state index contributed by atoms with van der Waals surface area (Å²) in [5, 5.41) is 12.2. The normalized spacial score (nSPS) is 14.0. The van der Waals surface area contributed by atoms with Crippen LogP contribution in [-0.2, 0) is 11.3 Å². The SMILES string of the molecule is CSC(CO)C(C)NC(=O)CCn1cnc2ccccc21. The van der Waals surface area contributed by atoms with E-state index in [2.05, 4.69) is 10.3 Å². The standard InChI is InChI=1S/C15H21N3O2S/c1-11(14(9-19)21-2)17-15(20)7-8-18-10-16-12-5-3-4-6-13(12)18/h3-6,10-11,14,19H,7-9H2,1-2H3,(H,17,20). The number of amides is 1. The molecule has 5 nitrogen and oxygen atoms in total. The fourth-order valence-corrected chi connectivity index (χ4v) is 2.89. The Hall–Kier alpha value is -1.53. The second-order valence-electron chi connectivity index (χ2n) is 4.99. The van der Waals surface area contributed by atoms with Gasteiger partial charge < -0.3 is 15.0 Å². The van der Waals surface area contributed by atoms with Crippen molar-refractivity contribution in [3.8, 4) is 0 Å². The molecule has 1 heterocycles. The summed E-state index contributed by atoms with van der Waals surface area (Å²) in [7, 11) is 0. The molecule has 6 heteroatoms. The van der Waals surface area contributed by atoms with Gasteiger partial charge in [-0.25, -0.2) is 4.98 Å². The summed E-state index contributed by atoms with van der Waals surface area (Å²) in [5.74, 6) is -0.00668. The van der Waals surface area contributed by atoms with Crippen LogP contribution in [0.1, 0.15) is 13.3 Å². The molecule has 0 aliphatic heterocycles. The van der Waals surface area contributed by atoms with Crippen LogP contribution in [-0.4, -0.2) is 44.7 Å². The van der Waals surface area contributed by atoms with Crippen LogP contribution in [0.15, 0.2) is 30.6 Å². The molecule has 1 amide bonds. The number of nitrogens with one attached hydrogen (secondary N) is 1. The van der Waals surface area contributed by atoms with Gasteiger partial charge in [-0.3, -0.25) is 4.79 Å². The van der Waals surface area contributed by atoms with Gasteiger partial charge in [-0.15, -0.1) is 0 Å². The zero-order chi connectivity index (χ0) is 15.2. The highest BCUT2D eigenvalue weighted by Gasteiger charge is 2.17. The molecule has 1 aromatic carbocycles. The molecule has 0 aliphatic carbocycles. The molecule has 0 saturated carbocycles. The van der Waals surface area contributed by atoms with Crippen molar-refractivity contribution in [2.45, 2.75) is 31.2 Å². The lowest BCUT2D eigenvalue weighted by molar-refractivity contribution is -0.121. The highest BCUT2D eigenvalue weighted by atomic mass is 32.2. The Morgan fingerprint density at radius 3 is 2.95 bits per heavy atom. The van der Waals surface area contributed by atoms with Crippen LogP contribution in [0.2, 0.25) is 0 Å². The third-order valence-electron chi connectivity index (χ3n) is 3.54. The van der Waals surface area contributed by atoms with Crippen LogP contribution in [0.25, 0.3) is 11.0 Å². The van der Waals surface area contributed by atoms with E-state index in [9.17, 15) is 9.90 Å². The third kappa shape index (κ3) is 3.98. The summed E-state index contributed by atoms with van der Waals surface area (Å²) in [6, 6.07) is 7.83. The van der Waals surface area contributed by atoms with E-state index < -0.39 is 0 Å². The topological polar surface area (TPSA) is 67.2 Å². The largest absolute Gasteiger partial charge is 0.395 e. The van der Waals surface area contributed by atoms with Gasteiger partial charge in [0.2, 0.25) is 5.91 Å². The van der Waals surface area contributed by atoms with Gasteiger partial charge in [0.25, 0.3) is 0 Å². The summed E-state index contributed by atoms with van der Waals surface area (Å²) in [6.45, 7) is 2.58. The van der Waals surface area contributed by atoms with Crippen molar-refractivity contribution >= 4 is 28.7 Å². The molecule has 0 saturated heterocycles. The number of aliphatic hydroxyl groups is 1. The summed E-state index contributed by atoms with van der Waals surface area (Å²) in [4.78, 5) is 16.3. The zero-order valence-electron chi connectivity index (χ0n) is 12.3. The van der Waals surface area contributed by atoms with Crippen LogP contribution in [0.5, 0.6) is 0 Å². The minimum Gasteiger partial charge on any atom is -0.395 e. The number of rotatable bonds is 7. The Kier molecular flexibility index (Phi) is 5.64. The second-order valence-corrected chi connectivity index (χ2v) is 6.07. The van der Waals surface area contributed by atoms with Gasteiger partial charge in [0.05, 0.1) is 24.0 Å². The minimum absolute atomic E-state index is 0.00668. The van der Waals surface area contributed by atoms with Crippen molar-refractivity contribution in [2.24, 2.45) is 0 Å². The second kappa shape index (κ2) is 7.47. The van der Waals surface area contributed by atoms with E-state index in [0.717, 1.165) is 11.0 Å². The summed E-state index contributed by atoms with van der Waals surface area (Å²) >= 11 is 1.56. The van der Waals surface area contributed by atoms with Crippen LogP contribution in [0, 0.1) is 0 Å². The number of aryl methyl sites for hydroxylation is 1. The first kappa shape index (κ1) is 15.9. The summed E-state index contributed by atoms with van der Waals surface area (Å²) < 4.78 is 1.98. The molecule has 2 atom stereocenters. The van der Waals surface area contributed by atoms with Crippen LogP contribution < -0.4 is 5.32 Å². The van der Waals surface area contributed by atoms with Crippen molar-refractivity contribution < 1.29 is 9.90 Å². The minimum atomic E-state index is -0.0444. The number of imidazole rings is 1. The maximum Gasteiger partial charge on any atom is 0.222 e. The fraction of sp³-hybridized carbons (Fsp3) is 0.467. The van der Waals surface area contributed by atoms with Crippen molar-refractivity contribution in [3.63, 3.8) is 0 Å². The Labute approximate surface area is 128 Å². The first-order valence-electron chi connectivity index (χ1n) is 6.98. The van der Waals surface area contributed by atoms with Gasteiger partial charge in [-0.05, 0) is 25.3 Å². The van der Waals surface area contributed by atoms with Gasteiger partial charge in [0.15, 0.2) is 0 Å². The molecule has 0 fully saturated rings. The van der Waals surface area contributed by atoms with E-state index in [1.807, 2.05) is 42.0 Å². The molecule has 2 N–H and O–H groups in total. The average molecular weight is 307 g/mol. The van der Waals surface area contributed by atoms with E-state index >= 15 is 0 Å². The molecule has 2 rings (SSSR count). The predicted octanol–water partition coefficient (Wildman–Crippen LogP) is 1.65.